The Morgan fingerprint density at radius 1 is 0.955 bits per heavy atom. The van der Waals surface area contributed by atoms with Crippen molar-refractivity contribution in [3.8, 4) is 0 Å². The summed E-state index contributed by atoms with van der Waals surface area (Å²) in [6.45, 7) is 1.91. The number of aliphatic hydroxyl groups excluding tert-OH is 1. The Morgan fingerprint density at radius 3 is 2.14 bits per heavy atom. The molecule has 0 bridgehead atoms. The van der Waals surface area contributed by atoms with Crippen LogP contribution in [0.3, 0.4) is 0 Å². The molecular formula is C17H26O4S. The molecule has 0 saturated heterocycles. The van der Waals surface area contributed by atoms with E-state index in [1.807, 2.05) is 6.92 Å². The SMILES string of the molecule is Cc1ccc(S(=O)(=O)OC2CCCCCCCCC2O)cc1. The van der Waals surface area contributed by atoms with E-state index in [-0.39, 0.29) is 4.90 Å². The molecule has 4 nitrogen and oxygen atoms in total. The van der Waals surface area contributed by atoms with Gasteiger partial charge in [0.25, 0.3) is 10.1 Å². The number of aliphatic hydroxyl groups is 1. The second-order valence-electron chi connectivity index (χ2n) is 6.17. The lowest BCUT2D eigenvalue weighted by atomic mass is 9.97. The van der Waals surface area contributed by atoms with Gasteiger partial charge in [-0.05, 0) is 31.9 Å². The van der Waals surface area contributed by atoms with Gasteiger partial charge in [0.05, 0.1) is 11.0 Å². The van der Waals surface area contributed by atoms with Gasteiger partial charge < -0.3 is 5.11 Å². The molecule has 1 aliphatic carbocycles. The Kier molecular flexibility index (Phi) is 6.41. The van der Waals surface area contributed by atoms with Crippen molar-refractivity contribution in [3.05, 3.63) is 29.8 Å². The molecule has 1 aromatic rings. The van der Waals surface area contributed by atoms with Crippen LogP contribution in [-0.4, -0.2) is 25.7 Å². The minimum Gasteiger partial charge on any atom is -0.390 e. The lowest BCUT2D eigenvalue weighted by Crippen LogP contribution is -2.31. The van der Waals surface area contributed by atoms with Gasteiger partial charge in [0, 0.05) is 0 Å². The van der Waals surface area contributed by atoms with E-state index >= 15 is 0 Å². The van der Waals surface area contributed by atoms with Crippen LogP contribution in [0.5, 0.6) is 0 Å². The molecule has 5 heteroatoms. The highest BCUT2D eigenvalue weighted by molar-refractivity contribution is 7.86. The molecule has 22 heavy (non-hydrogen) atoms. The molecule has 124 valence electrons. The highest BCUT2D eigenvalue weighted by Gasteiger charge is 2.27. The molecule has 2 rings (SSSR count). The average molecular weight is 326 g/mol. The minimum atomic E-state index is -3.82. The quantitative estimate of drug-likeness (QED) is 0.863. The number of aryl methyl sites for hydroxylation is 1. The summed E-state index contributed by atoms with van der Waals surface area (Å²) in [5.41, 5.74) is 0.998. The van der Waals surface area contributed by atoms with Crippen molar-refractivity contribution >= 4 is 10.1 Å². The third kappa shape index (κ3) is 5.07. The van der Waals surface area contributed by atoms with E-state index in [0.717, 1.165) is 31.2 Å². The number of benzene rings is 1. The van der Waals surface area contributed by atoms with Gasteiger partial charge in [-0.2, -0.15) is 8.42 Å². The van der Waals surface area contributed by atoms with Crippen molar-refractivity contribution in [2.45, 2.75) is 75.4 Å². The fourth-order valence-electron chi connectivity index (χ4n) is 2.82. The Morgan fingerprint density at radius 2 is 1.50 bits per heavy atom. The molecule has 0 radical (unpaired) electrons. The Labute approximate surface area is 133 Å². The fourth-order valence-corrected chi connectivity index (χ4v) is 3.95. The van der Waals surface area contributed by atoms with Crippen LogP contribution >= 0.6 is 0 Å². The predicted molar refractivity (Wildman–Crippen MR) is 86.2 cm³/mol. The normalized spacial score (nSPS) is 24.8. The summed E-state index contributed by atoms with van der Waals surface area (Å²) < 4.78 is 30.1. The maximum absolute atomic E-state index is 12.4. The standard InChI is InChI=1S/C17H26O4S/c1-14-10-12-15(13-11-14)22(19,20)21-17-9-7-5-3-2-4-6-8-16(17)18/h10-13,16-18H,2-9H2,1H3. The lowest BCUT2D eigenvalue weighted by Gasteiger charge is -2.24. The summed E-state index contributed by atoms with van der Waals surface area (Å²) in [5, 5.41) is 10.3. The van der Waals surface area contributed by atoms with E-state index in [9.17, 15) is 13.5 Å². The Hall–Kier alpha value is -0.910. The maximum atomic E-state index is 12.4. The summed E-state index contributed by atoms with van der Waals surface area (Å²) in [7, 11) is -3.82. The monoisotopic (exact) mass is 326 g/mol. The van der Waals surface area contributed by atoms with E-state index in [2.05, 4.69) is 0 Å². The van der Waals surface area contributed by atoms with Crippen molar-refractivity contribution in [1.29, 1.82) is 0 Å². The van der Waals surface area contributed by atoms with Crippen LogP contribution in [0, 0.1) is 6.92 Å². The first-order valence-electron chi connectivity index (χ1n) is 8.17. The first-order valence-corrected chi connectivity index (χ1v) is 9.58. The van der Waals surface area contributed by atoms with E-state index < -0.39 is 22.3 Å². The zero-order valence-corrected chi connectivity index (χ0v) is 14.0. The second-order valence-corrected chi connectivity index (χ2v) is 7.74. The molecule has 1 saturated carbocycles. The van der Waals surface area contributed by atoms with Gasteiger partial charge in [0.15, 0.2) is 0 Å². The summed E-state index contributed by atoms with van der Waals surface area (Å²) >= 11 is 0. The Bertz CT molecular complexity index is 551. The van der Waals surface area contributed by atoms with E-state index in [1.54, 1.807) is 24.3 Å². The maximum Gasteiger partial charge on any atom is 0.297 e. The molecule has 1 aliphatic rings. The molecular weight excluding hydrogens is 300 g/mol. The average Bonchev–Trinajstić information content (AvgIpc) is 2.48. The molecule has 0 aromatic heterocycles. The molecule has 1 fully saturated rings. The first kappa shape index (κ1) is 17.4. The van der Waals surface area contributed by atoms with E-state index in [1.165, 1.54) is 12.8 Å². The van der Waals surface area contributed by atoms with Crippen LogP contribution in [0.1, 0.15) is 56.9 Å². The van der Waals surface area contributed by atoms with Crippen LogP contribution in [-0.2, 0) is 14.3 Å². The van der Waals surface area contributed by atoms with Crippen LogP contribution in [0.2, 0.25) is 0 Å². The predicted octanol–water partition coefficient (Wildman–Crippen LogP) is 3.56. The van der Waals surface area contributed by atoms with Gasteiger partial charge in [0.2, 0.25) is 0 Å². The molecule has 2 unspecified atom stereocenters. The summed E-state index contributed by atoms with van der Waals surface area (Å²) in [6, 6.07) is 6.61. The fraction of sp³-hybridized carbons (Fsp3) is 0.647. The molecule has 0 aliphatic heterocycles. The van der Waals surface area contributed by atoms with Crippen molar-refractivity contribution in [2.75, 3.05) is 0 Å². The number of hydrogen-bond acceptors (Lipinski definition) is 4. The Balaban J connectivity index is 2.08. The van der Waals surface area contributed by atoms with Crippen LogP contribution < -0.4 is 0 Å². The molecule has 1 N–H and O–H groups in total. The van der Waals surface area contributed by atoms with Gasteiger partial charge in [0.1, 0.15) is 6.10 Å². The molecule has 1 aromatic carbocycles. The van der Waals surface area contributed by atoms with Crippen LogP contribution in [0.25, 0.3) is 0 Å². The van der Waals surface area contributed by atoms with Crippen molar-refractivity contribution < 1.29 is 17.7 Å². The highest BCUT2D eigenvalue weighted by Crippen LogP contribution is 2.23. The largest absolute Gasteiger partial charge is 0.390 e. The van der Waals surface area contributed by atoms with Gasteiger partial charge in [-0.3, -0.25) is 4.18 Å². The zero-order valence-electron chi connectivity index (χ0n) is 13.2. The van der Waals surface area contributed by atoms with Crippen LogP contribution in [0.15, 0.2) is 29.2 Å². The highest BCUT2D eigenvalue weighted by atomic mass is 32.2. The van der Waals surface area contributed by atoms with E-state index in [0.29, 0.717) is 12.8 Å². The zero-order chi connectivity index (χ0) is 16.0. The summed E-state index contributed by atoms with van der Waals surface area (Å²) in [6.07, 6.45) is 6.19. The van der Waals surface area contributed by atoms with Crippen molar-refractivity contribution in [1.82, 2.24) is 0 Å². The number of rotatable bonds is 3. The summed E-state index contributed by atoms with van der Waals surface area (Å²) in [5.74, 6) is 0. The second kappa shape index (κ2) is 8.09. The molecule has 2 atom stereocenters. The van der Waals surface area contributed by atoms with Gasteiger partial charge in [-0.25, -0.2) is 0 Å². The first-order chi connectivity index (χ1) is 10.5. The van der Waals surface area contributed by atoms with E-state index in [4.69, 9.17) is 4.18 Å². The minimum absolute atomic E-state index is 0.155. The lowest BCUT2D eigenvalue weighted by molar-refractivity contribution is 0.0256. The smallest absolute Gasteiger partial charge is 0.297 e. The van der Waals surface area contributed by atoms with Crippen molar-refractivity contribution in [2.24, 2.45) is 0 Å². The van der Waals surface area contributed by atoms with Gasteiger partial charge >= 0.3 is 0 Å². The third-order valence-electron chi connectivity index (χ3n) is 4.23. The molecule has 0 spiro atoms. The summed E-state index contributed by atoms with van der Waals surface area (Å²) in [4.78, 5) is 0.155. The van der Waals surface area contributed by atoms with Gasteiger partial charge in [-0.1, -0.05) is 56.2 Å². The molecule has 0 heterocycles. The molecule has 0 amide bonds. The number of hydrogen-bond donors (Lipinski definition) is 1. The van der Waals surface area contributed by atoms with Crippen LogP contribution in [0.4, 0.5) is 0 Å². The third-order valence-corrected chi connectivity index (χ3v) is 5.58. The van der Waals surface area contributed by atoms with Crippen molar-refractivity contribution in [3.63, 3.8) is 0 Å². The van der Waals surface area contributed by atoms with Gasteiger partial charge in [-0.15, -0.1) is 0 Å². The topological polar surface area (TPSA) is 63.6 Å².